The molecule has 0 aliphatic carbocycles. The first-order valence-electron chi connectivity index (χ1n) is 11.3. The van der Waals surface area contributed by atoms with Crippen LogP contribution in [0.15, 0.2) is 91.0 Å². The molecule has 1 aliphatic rings. The van der Waals surface area contributed by atoms with Gasteiger partial charge >= 0.3 is 5.92 Å². The lowest BCUT2D eigenvalue weighted by atomic mass is 9.63. The molecule has 3 N–H and O–H groups in total. The van der Waals surface area contributed by atoms with Gasteiger partial charge in [-0.3, -0.25) is 4.79 Å². The summed E-state index contributed by atoms with van der Waals surface area (Å²) in [6, 6.07) is 21.4. The standard InChI is InChI=1S/C28H28F2O5/c1-24(2,3)23(32)25(20-15-9-5-10-16-20)26(33,22(31)19-13-7-4-8-14-19)28(29,30)27(34,35-25)21-17-11-6-12-18-21/h4-18,23,32-34H,1-3H3/t23?,25-,26-,27?/m1/s1. The Morgan fingerprint density at radius 3 is 1.69 bits per heavy atom. The van der Waals surface area contributed by atoms with Crippen molar-refractivity contribution in [3.63, 3.8) is 0 Å². The third-order valence-electron chi connectivity index (χ3n) is 6.66. The zero-order chi connectivity index (χ0) is 25.7. The number of ketones is 1. The number of hydrogen-bond donors (Lipinski definition) is 3. The molecular formula is C28H28F2O5. The average Bonchev–Trinajstić information content (AvgIpc) is 3.01. The van der Waals surface area contributed by atoms with E-state index >= 15 is 8.78 Å². The van der Waals surface area contributed by atoms with Crippen LogP contribution < -0.4 is 0 Å². The summed E-state index contributed by atoms with van der Waals surface area (Å²) in [5.74, 6) is -9.44. The monoisotopic (exact) mass is 482 g/mol. The number of rotatable bonds is 5. The molecule has 184 valence electrons. The molecule has 0 radical (unpaired) electrons. The van der Waals surface area contributed by atoms with Gasteiger partial charge in [0.25, 0.3) is 5.79 Å². The van der Waals surface area contributed by atoms with Crippen LogP contribution in [0, 0.1) is 5.41 Å². The van der Waals surface area contributed by atoms with Crippen LogP contribution in [0.3, 0.4) is 0 Å². The minimum atomic E-state index is -4.60. The Labute approximate surface area is 202 Å². The molecule has 35 heavy (non-hydrogen) atoms. The third-order valence-corrected chi connectivity index (χ3v) is 6.66. The van der Waals surface area contributed by atoms with E-state index in [-0.39, 0.29) is 16.7 Å². The highest BCUT2D eigenvalue weighted by molar-refractivity contribution is 6.05. The number of carbonyl (C=O) groups is 1. The van der Waals surface area contributed by atoms with Crippen LogP contribution in [-0.2, 0) is 16.1 Å². The third kappa shape index (κ3) is 3.37. The van der Waals surface area contributed by atoms with Gasteiger partial charge in [0.2, 0.25) is 11.4 Å². The molecule has 0 bridgehead atoms. The maximum absolute atomic E-state index is 16.6. The maximum atomic E-state index is 16.6. The number of halogens is 2. The summed E-state index contributed by atoms with van der Waals surface area (Å²) in [7, 11) is 0. The average molecular weight is 483 g/mol. The van der Waals surface area contributed by atoms with E-state index in [2.05, 4.69) is 0 Å². The van der Waals surface area contributed by atoms with E-state index in [4.69, 9.17) is 4.74 Å². The van der Waals surface area contributed by atoms with Crippen molar-refractivity contribution in [1.82, 2.24) is 0 Å². The van der Waals surface area contributed by atoms with E-state index in [0.29, 0.717) is 0 Å². The van der Waals surface area contributed by atoms with E-state index in [1.165, 1.54) is 72.8 Å². The number of benzene rings is 3. The van der Waals surface area contributed by atoms with Crippen LogP contribution in [0.5, 0.6) is 0 Å². The molecule has 7 heteroatoms. The number of aliphatic hydroxyl groups is 3. The molecular weight excluding hydrogens is 454 g/mol. The minimum Gasteiger partial charge on any atom is -0.389 e. The van der Waals surface area contributed by atoms with Gasteiger partial charge in [0.1, 0.15) is 0 Å². The molecule has 3 aromatic carbocycles. The van der Waals surface area contributed by atoms with Gasteiger partial charge in [-0.05, 0) is 11.0 Å². The molecule has 1 fully saturated rings. The maximum Gasteiger partial charge on any atom is 0.343 e. The fourth-order valence-electron chi connectivity index (χ4n) is 4.84. The van der Waals surface area contributed by atoms with Crippen molar-refractivity contribution >= 4 is 5.78 Å². The summed E-state index contributed by atoms with van der Waals surface area (Å²) in [6.07, 6.45) is -1.86. The smallest absolute Gasteiger partial charge is 0.343 e. The molecule has 4 atom stereocenters. The van der Waals surface area contributed by atoms with Gasteiger partial charge in [0.05, 0.1) is 6.10 Å². The van der Waals surface area contributed by atoms with Crippen molar-refractivity contribution in [3.8, 4) is 0 Å². The highest BCUT2D eigenvalue weighted by Gasteiger charge is 2.87. The summed E-state index contributed by atoms with van der Waals surface area (Å²) in [4.78, 5) is 13.9. The first-order valence-corrected chi connectivity index (χ1v) is 11.3. The molecule has 0 aromatic heterocycles. The highest BCUT2D eigenvalue weighted by Crippen LogP contribution is 2.65. The topological polar surface area (TPSA) is 87.0 Å². The largest absolute Gasteiger partial charge is 0.389 e. The van der Waals surface area contributed by atoms with E-state index in [9.17, 15) is 20.1 Å². The van der Waals surface area contributed by atoms with Crippen LogP contribution >= 0.6 is 0 Å². The lowest BCUT2D eigenvalue weighted by Crippen LogP contribution is -2.69. The van der Waals surface area contributed by atoms with Gasteiger partial charge in [-0.2, -0.15) is 8.78 Å². The van der Waals surface area contributed by atoms with Crippen LogP contribution in [0.25, 0.3) is 0 Å². The zero-order valence-corrected chi connectivity index (χ0v) is 19.7. The Morgan fingerprint density at radius 2 is 1.23 bits per heavy atom. The van der Waals surface area contributed by atoms with Gasteiger partial charge in [0, 0.05) is 11.1 Å². The van der Waals surface area contributed by atoms with Crippen molar-refractivity contribution < 1.29 is 33.6 Å². The van der Waals surface area contributed by atoms with Crippen molar-refractivity contribution in [2.75, 3.05) is 0 Å². The lowest BCUT2D eigenvalue weighted by Gasteiger charge is -2.47. The molecule has 0 amide bonds. The molecule has 1 aliphatic heterocycles. The molecule has 1 saturated heterocycles. The first kappa shape index (κ1) is 25.1. The Bertz CT molecular complexity index is 1200. The fourth-order valence-corrected chi connectivity index (χ4v) is 4.84. The molecule has 0 spiro atoms. The number of ether oxygens (including phenoxy) is 1. The Kier molecular flexibility index (Phi) is 5.97. The summed E-state index contributed by atoms with van der Waals surface area (Å²) < 4.78 is 39.1. The zero-order valence-electron chi connectivity index (χ0n) is 19.7. The van der Waals surface area contributed by atoms with Crippen LogP contribution in [0.2, 0.25) is 0 Å². The molecule has 5 nitrogen and oxygen atoms in total. The molecule has 2 unspecified atom stereocenters. The van der Waals surface area contributed by atoms with E-state index in [1.807, 2.05) is 0 Å². The second-order valence-corrected chi connectivity index (χ2v) is 9.96. The van der Waals surface area contributed by atoms with Crippen LogP contribution in [0.1, 0.15) is 42.3 Å². The predicted molar refractivity (Wildman–Crippen MR) is 126 cm³/mol. The molecule has 0 saturated carbocycles. The second-order valence-electron chi connectivity index (χ2n) is 9.96. The van der Waals surface area contributed by atoms with Crippen molar-refractivity contribution in [2.45, 2.75) is 49.8 Å². The number of alkyl halides is 2. The predicted octanol–water partition coefficient (Wildman–Crippen LogP) is 4.41. The quantitative estimate of drug-likeness (QED) is 0.469. The van der Waals surface area contributed by atoms with Gasteiger partial charge in [0.15, 0.2) is 5.60 Å². The van der Waals surface area contributed by atoms with Crippen LogP contribution in [0.4, 0.5) is 8.78 Å². The molecule has 3 aromatic rings. The Balaban J connectivity index is 2.14. The summed E-state index contributed by atoms with van der Waals surface area (Å²) in [5, 5.41) is 35.3. The van der Waals surface area contributed by atoms with Crippen molar-refractivity contribution in [3.05, 3.63) is 108 Å². The SMILES string of the molecule is CC(C)(C)C(O)[C@@]1(c2ccccc2)OC(O)(c2ccccc2)C(F)(F)[C@@]1(O)C(=O)c1ccccc1. The Hall–Kier alpha value is -2.97. The highest BCUT2D eigenvalue weighted by atomic mass is 19.3. The Morgan fingerprint density at radius 1 is 0.800 bits per heavy atom. The molecule has 4 rings (SSSR count). The molecule has 1 heterocycles. The summed E-state index contributed by atoms with van der Waals surface area (Å²) >= 11 is 0. The van der Waals surface area contributed by atoms with E-state index in [0.717, 1.165) is 0 Å². The summed E-state index contributed by atoms with van der Waals surface area (Å²) in [5.41, 5.74) is -8.31. The van der Waals surface area contributed by atoms with E-state index < -0.39 is 40.2 Å². The number of carbonyl (C=O) groups excluding carboxylic acids is 1. The van der Waals surface area contributed by atoms with Gasteiger partial charge < -0.3 is 20.1 Å². The normalized spacial score (nSPS) is 29.0. The minimum absolute atomic E-state index is 0.0827. The van der Waals surface area contributed by atoms with Crippen LogP contribution in [-0.4, -0.2) is 38.7 Å². The number of aliphatic hydroxyl groups excluding tert-OH is 1. The van der Waals surface area contributed by atoms with Crippen molar-refractivity contribution in [2.24, 2.45) is 5.41 Å². The second kappa shape index (κ2) is 8.31. The van der Waals surface area contributed by atoms with E-state index in [1.54, 1.807) is 39.0 Å². The van der Waals surface area contributed by atoms with Gasteiger partial charge in [-0.25, -0.2) is 0 Å². The number of Topliss-reactive ketones (excluding diaryl/α,β-unsaturated/α-hetero) is 1. The lowest BCUT2D eigenvalue weighted by molar-refractivity contribution is -0.317. The van der Waals surface area contributed by atoms with Crippen molar-refractivity contribution in [1.29, 1.82) is 0 Å². The van der Waals surface area contributed by atoms with Gasteiger partial charge in [-0.15, -0.1) is 0 Å². The first-order chi connectivity index (χ1) is 16.3. The summed E-state index contributed by atoms with van der Waals surface area (Å²) in [6.45, 7) is 4.70. The fraction of sp³-hybridized carbons (Fsp3) is 0.321. The van der Waals surface area contributed by atoms with Gasteiger partial charge in [-0.1, -0.05) is 112 Å². The number of hydrogen-bond acceptors (Lipinski definition) is 5.